The first-order chi connectivity index (χ1) is 8.65. The molecule has 90 valence electrons. The largest absolute Gasteiger partial charge is 0.426 e. The SMILES string of the molecule is Cc1cccc(-c2nc3ccc(C)cc3n2O)c1. The molecule has 2 aromatic carbocycles. The van der Waals surface area contributed by atoms with Crippen molar-refractivity contribution in [2.45, 2.75) is 13.8 Å². The standard InChI is InChI=1S/C15H14N2O/c1-10-4-3-5-12(8-10)15-16-13-7-6-11(2)9-14(13)17(15)18/h3-9,18H,1-2H3. The second-order valence-corrected chi connectivity index (χ2v) is 4.61. The van der Waals surface area contributed by atoms with Crippen molar-refractivity contribution in [3.8, 4) is 11.4 Å². The van der Waals surface area contributed by atoms with Gasteiger partial charge in [-0.1, -0.05) is 29.8 Å². The van der Waals surface area contributed by atoms with E-state index in [9.17, 15) is 5.21 Å². The summed E-state index contributed by atoms with van der Waals surface area (Å²) in [7, 11) is 0. The maximum atomic E-state index is 10.2. The van der Waals surface area contributed by atoms with Gasteiger partial charge in [0.1, 0.15) is 5.52 Å². The van der Waals surface area contributed by atoms with Crippen LogP contribution in [0.1, 0.15) is 11.1 Å². The van der Waals surface area contributed by atoms with E-state index < -0.39 is 0 Å². The molecule has 18 heavy (non-hydrogen) atoms. The van der Waals surface area contributed by atoms with Crippen LogP contribution >= 0.6 is 0 Å². The molecule has 0 aliphatic heterocycles. The highest BCUT2D eigenvalue weighted by Gasteiger charge is 2.11. The monoisotopic (exact) mass is 238 g/mol. The summed E-state index contributed by atoms with van der Waals surface area (Å²) < 4.78 is 1.16. The van der Waals surface area contributed by atoms with Crippen molar-refractivity contribution in [2.75, 3.05) is 0 Å². The zero-order valence-electron chi connectivity index (χ0n) is 10.4. The summed E-state index contributed by atoms with van der Waals surface area (Å²) in [5, 5.41) is 10.2. The Balaban J connectivity index is 2.27. The molecule has 0 aliphatic carbocycles. The van der Waals surface area contributed by atoms with Crippen molar-refractivity contribution in [1.29, 1.82) is 0 Å². The molecule has 0 unspecified atom stereocenters. The molecule has 1 N–H and O–H groups in total. The Morgan fingerprint density at radius 2 is 1.78 bits per heavy atom. The lowest BCUT2D eigenvalue weighted by atomic mass is 10.1. The van der Waals surface area contributed by atoms with Gasteiger partial charge in [0, 0.05) is 5.56 Å². The van der Waals surface area contributed by atoms with Crippen LogP contribution in [0, 0.1) is 13.8 Å². The number of aryl methyl sites for hydroxylation is 2. The molecule has 0 atom stereocenters. The van der Waals surface area contributed by atoms with Gasteiger partial charge in [-0.3, -0.25) is 0 Å². The van der Waals surface area contributed by atoms with E-state index in [0.29, 0.717) is 5.82 Å². The van der Waals surface area contributed by atoms with Crippen LogP contribution in [0.5, 0.6) is 0 Å². The van der Waals surface area contributed by atoms with Crippen LogP contribution in [-0.2, 0) is 0 Å². The molecule has 1 heterocycles. The average molecular weight is 238 g/mol. The van der Waals surface area contributed by atoms with Crippen LogP contribution in [0.2, 0.25) is 0 Å². The minimum Gasteiger partial charge on any atom is -0.426 e. The molecule has 3 aromatic rings. The van der Waals surface area contributed by atoms with Crippen molar-refractivity contribution in [1.82, 2.24) is 9.71 Å². The van der Waals surface area contributed by atoms with Gasteiger partial charge in [0.2, 0.25) is 0 Å². The van der Waals surface area contributed by atoms with Gasteiger partial charge in [-0.15, -0.1) is 0 Å². The van der Waals surface area contributed by atoms with Gasteiger partial charge in [0.05, 0.1) is 5.52 Å². The number of hydrogen-bond donors (Lipinski definition) is 1. The third-order valence-electron chi connectivity index (χ3n) is 3.06. The Morgan fingerprint density at radius 3 is 2.56 bits per heavy atom. The number of hydrogen-bond acceptors (Lipinski definition) is 2. The van der Waals surface area contributed by atoms with Crippen molar-refractivity contribution >= 4 is 11.0 Å². The Hall–Kier alpha value is -2.29. The first kappa shape index (κ1) is 10.8. The molecule has 0 saturated carbocycles. The highest BCUT2D eigenvalue weighted by atomic mass is 16.5. The molecular weight excluding hydrogens is 224 g/mol. The lowest BCUT2D eigenvalue weighted by Crippen LogP contribution is -1.94. The van der Waals surface area contributed by atoms with E-state index in [0.717, 1.165) is 32.5 Å². The summed E-state index contributed by atoms with van der Waals surface area (Å²) in [5.74, 6) is 0.583. The van der Waals surface area contributed by atoms with Gasteiger partial charge in [0.25, 0.3) is 0 Å². The predicted octanol–water partition coefficient (Wildman–Crippen LogP) is 3.56. The van der Waals surface area contributed by atoms with E-state index in [2.05, 4.69) is 4.98 Å². The Bertz CT molecular complexity index is 728. The molecule has 0 aliphatic rings. The van der Waals surface area contributed by atoms with Crippen molar-refractivity contribution in [3.05, 3.63) is 53.6 Å². The molecule has 1 aromatic heterocycles. The average Bonchev–Trinajstić information content (AvgIpc) is 2.67. The van der Waals surface area contributed by atoms with Crippen LogP contribution in [0.25, 0.3) is 22.4 Å². The lowest BCUT2D eigenvalue weighted by Gasteiger charge is -2.02. The maximum absolute atomic E-state index is 10.2. The molecule has 3 nitrogen and oxygen atoms in total. The van der Waals surface area contributed by atoms with Gasteiger partial charge in [-0.05, 0) is 37.6 Å². The van der Waals surface area contributed by atoms with Gasteiger partial charge in [0.15, 0.2) is 5.82 Å². The molecule has 3 heteroatoms. The fraction of sp³-hybridized carbons (Fsp3) is 0.133. The van der Waals surface area contributed by atoms with Crippen molar-refractivity contribution in [3.63, 3.8) is 0 Å². The van der Waals surface area contributed by atoms with E-state index in [1.807, 2.05) is 56.3 Å². The quantitative estimate of drug-likeness (QED) is 0.658. The van der Waals surface area contributed by atoms with Crippen LogP contribution < -0.4 is 0 Å². The van der Waals surface area contributed by atoms with Gasteiger partial charge < -0.3 is 5.21 Å². The highest BCUT2D eigenvalue weighted by Crippen LogP contribution is 2.24. The van der Waals surface area contributed by atoms with Gasteiger partial charge in [-0.25, -0.2) is 4.98 Å². The van der Waals surface area contributed by atoms with E-state index in [4.69, 9.17) is 0 Å². The minimum absolute atomic E-state index is 0.583. The third-order valence-corrected chi connectivity index (χ3v) is 3.06. The number of nitrogens with zero attached hydrogens (tertiary/aromatic N) is 2. The maximum Gasteiger partial charge on any atom is 0.176 e. The van der Waals surface area contributed by atoms with Gasteiger partial charge in [-0.2, -0.15) is 4.73 Å². The molecule has 0 fully saturated rings. The fourth-order valence-corrected chi connectivity index (χ4v) is 2.14. The number of benzene rings is 2. The van der Waals surface area contributed by atoms with Crippen molar-refractivity contribution < 1.29 is 5.21 Å². The first-order valence-electron chi connectivity index (χ1n) is 5.90. The molecule has 0 radical (unpaired) electrons. The first-order valence-corrected chi connectivity index (χ1v) is 5.90. The molecule has 0 saturated heterocycles. The van der Waals surface area contributed by atoms with E-state index in [1.54, 1.807) is 0 Å². The number of aromatic nitrogens is 2. The normalized spacial score (nSPS) is 11.0. The number of imidazole rings is 1. The Morgan fingerprint density at radius 1 is 1.00 bits per heavy atom. The summed E-state index contributed by atoms with van der Waals surface area (Å²) >= 11 is 0. The predicted molar refractivity (Wildman–Crippen MR) is 71.8 cm³/mol. The van der Waals surface area contributed by atoms with Crippen LogP contribution in [0.4, 0.5) is 0 Å². The topological polar surface area (TPSA) is 38.0 Å². The summed E-state index contributed by atoms with van der Waals surface area (Å²) in [6.07, 6.45) is 0. The summed E-state index contributed by atoms with van der Waals surface area (Å²) in [4.78, 5) is 4.48. The Kier molecular flexibility index (Phi) is 2.33. The summed E-state index contributed by atoms with van der Waals surface area (Å²) in [5.41, 5.74) is 4.72. The second-order valence-electron chi connectivity index (χ2n) is 4.61. The molecule has 0 bridgehead atoms. The molecular formula is C15H14N2O. The smallest absolute Gasteiger partial charge is 0.176 e. The van der Waals surface area contributed by atoms with Crippen molar-refractivity contribution in [2.24, 2.45) is 0 Å². The van der Waals surface area contributed by atoms with E-state index in [-0.39, 0.29) is 0 Å². The summed E-state index contributed by atoms with van der Waals surface area (Å²) in [6, 6.07) is 13.8. The summed E-state index contributed by atoms with van der Waals surface area (Å²) in [6.45, 7) is 4.02. The second kappa shape index (κ2) is 3.88. The molecule has 3 rings (SSSR count). The van der Waals surface area contributed by atoms with Crippen LogP contribution in [0.15, 0.2) is 42.5 Å². The number of fused-ring (bicyclic) bond motifs is 1. The van der Waals surface area contributed by atoms with E-state index in [1.165, 1.54) is 0 Å². The number of rotatable bonds is 1. The lowest BCUT2D eigenvalue weighted by molar-refractivity contribution is 0.203. The molecule has 0 spiro atoms. The third kappa shape index (κ3) is 1.64. The zero-order valence-corrected chi connectivity index (χ0v) is 10.4. The fourth-order valence-electron chi connectivity index (χ4n) is 2.14. The minimum atomic E-state index is 0.583. The highest BCUT2D eigenvalue weighted by molar-refractivity contribution is 5.80. The molecule has 0 amide bonds. The van der Waals surface area contributed by atoms with Crippen LogP contribution in [0.3, 0.4) is 0 Å². The van der Waals surface area contributed by atoms with Crippen LogP contribution in [-0.4, -0.2) is 14.9 Å². The van der Waals surface area contributed by atoms with Gasteiger partial charge >= 0.3 is 0 Å². The Labute approximate surface area is 105 Å². The van der Waals surface area contributed by atoms with E-state index >= 15 is 0 Å². The zero-order chi connectivity index (χ0) is 12.7.